The lowest BCUT2D eigenvalue weighted by Crippen LogP contribution is -2.22. The van der Waals surface area contributed by atoms with Gasteiger partial charge in [0, 0.05) is 25.3 Å². The third kappa shape index (κ3) is 3.96. The maximum Gasteiger partial charge on any atom is 0.254 e. The Morgan fingerprint density at radius 3 is 2.76 bits per heavy atom. The van der Waals surface area contributed by atoms with Gasteiger partial charge >= 0.3 is 0 Å². The molecule has 0 aliphatic carbocycles. The normalized spacial score (nSPS) is 10.4. The largest absolute Gasteiger partial charge is 0.491 e. The highest BCUT2D eigenvalue weighted by Crippen LogP contribution is 2.21. The number of nitrogens with one attached hydrogen (secondary N) is 1. The Kier molecular flexibility index (Phi) is 4.78. The number of rotatable bonds is 5. The lowest BCUT2D eigenvalue weighted by molar-refractivity contribution is 0.0958. The summed E-state index contributed by atoms with van der Waals surface area (Å²) < 4.78 is 5.57. The van der Waals surface area contributed by atoms with Crippen LogP contribution in [0.3, 0.4) is 0 Å². The number of nitrogens with zero attached hydrogens (tertiary/aromatic N) is 1. The van der Waals surface area contributed by atoms with Gasteiger partial charge in [-0.05, 0) is 26.2 Å². The summed E-state index contributed by atoms with van der Waals surface area (Å²) in [5.41, 5.74) is 6.76. The van der Waals surface area contributed by atoms with E-state index in [1.165, 1.54) is 0 Å². The predicted octanol–water partition coefficient (Wildman–Crippen LogP) is 0.569. The molecule has 0 atom stereocenters. The van der Waals surface area contributed by atoms with Gasteiger partial charge in [-0.25, -0.2) is 0 Å². The molecule has 0 bridgehead atoms. The molecule has 0 saturated carbocycles. The minimum atomic E-state index is -0.176. The van der Waals surface area contributed by atoms with Crippen LogP contribution in [0.25, 0.3) is 0 Å². The van der Waals surface area contributed by atoms with Crippen LogP contribution in [-0.4, -0.2) is 45.1 Å². The van der Waals surface area contributed by atoms with Crippen LogP contribution in [0.4, 0.5) is 5.69 Å². The predicted molar refractivity (Wildman–Crippen MR) is 68.3 cm³/mol. The van der Waals surface area contributed by atoms with Crippen molar-refractivity contribution in [2.45, 2.75) is 0 Å². The maximum absolute atomic E-state index is 11.6. The minimum absolute atomic E-state index is 0.176. The number of carbonyl (C=O) groups excluding carboxylic acids is 1. The molecule has 0 fully saturated rings. The van der Waals surface area contributed by atoms with Gasteiger partial charge < -0.3 is 20.7 Å². The first-order valence-corrected chi connectivity index (χ1v) is 5.43. The van der Waals surface area contributed by atoms with E-state index in [0.717, 1.165) is 6.54 Å². The van der Waals surface area contributed by atoms with Crippen molar-refractivity contribution in [1.82, 2.24) is 10.2 Å². The molecule has 0 spiro atoms. The van der Waals surface area contributed by atoms with Gasteiger partial charge in [0.25, 0.3) is 5.91 Å². The molecular weight excluding hydrogens is 218 g/mol. The third-order valence-corrected chi connectivity index (χ3v) is 2.27. The van der Waals surface area contributed by atoms with E-state index >= 15 is 0 Å². The van der Waals surface area contributed by atoms with E-state index in [0.29, 0.717) is 23.6 Å². The Labute approximate surface area is 102 Å². The summed E-state index contributed by atoms with van der Waals surface area (Å²) in [6, 6.07) is 5.02. The molecule has 0 saturated heterocycles. The van der Waals surface area contributed by atoms with E-state index < -0.39 is 0 Å². The molecule has 0 aliphatic rings. The molecule has 1 amide bonds. The summed E-state index contributed by atoms with van der Waals surface area (Å²) in [5, 5.41) is 2.57. The molecular formula is C12H19N3O2. The highest BCUT2D eigenvalue weighted by atomic mass is 16.5. The molecule has 3 N–H and O–H groups in total. The molecule has 1 aromatic carbocycles. The van der Waals surface area contributed by atoms with E-state index in [-0.39, 0.29) is 5.91 Å². The van der Waals surface area contributed by atoms with Crippen molar-refractivity contribution >= 4 is 11.6 Å². The van der Waals surface area contributed by atoms with Crippen LogP contribution in [0.1, 0.15) is 10.4 Å². The lowest BCUT2D eigenvalue weighted by atomic mass is 10.1. The molecule has 0 heterocycles. The Morgan fingerprint density at radius 2 is 2.18 bits per heavy atom. The van der Waals surface area contributed by atoms with Crippen molar-refractivity contribution in [3.05, 3.63) is 23.8 Å². The fourth-order valence-electron chi connectivity index (χ4n) is 1.32. The average molecular weight is 237 g/mol. The average Bonchev–Trinajstić information content (AvgIpc) is 2.28. The second-order valence-electron chi connectivity index (χ2n) is 3.99. The summed E-state index contributed by atoms with van der Waals surface area (Å²) >= 11 is 0. The highest BCUT2D eigenvalue weighted by Gasteiger charge is 2.11. The van der Waals surface area contributed by atoms with Crippen molar-refractivity contribution in [1.29, 1.82) is 0 Å². The zero-order valence-electron chi connectivity index (χ0n) is 10.5. The van der Waals surface area contributed by atoms with Gasteiger partial charge in [-0.3, -0.25) is 4.79 Å². The van der Waals surface area contributed by atoms with Crippen molar-refractivity contribution < 1.29 is 9.53 Å². The zero-order valence-corrected chi connectivity index (χ0v) is 10.5. The molecule has 0 aliphatic heterocycles. The van der Waals surface area contributed by atoms with E-state index in [9.17, 15) is 4.79 Å². The number of hydrogen-bond acceptors (Lipinski definition) is 4. The molecule has 0 unspecified atom stereocenters. The first-order valence-electron chi connectivity index (χ1n) is 5.43. The Morgan fingerprint density at radius 1 is 1.47 bits per heavy atom. The van der Waals surface area contributed by atoms with Crippen LogP contribution in [0.15, 0.2) is 18.2 Å². The van der Waals surface area contributed by atoms with Crippen LogP contribution in [0, 0.1) is 0 Å². The summed E-state index contributed by atoms with van der Waals surface area (Å²) in [6.07, 6.45) is 0. The molecule has 0 radical (unpaired) electrons. The number of likely N-dealkylation sites (N-methyl/N-ethyl adjacent to an activating group) is 1. The molecule has 5 heteroatoms. The first kappa shape index (κ1) is 13.3. The van der Waals surface area contributed by atoms with Crippen LogP contribution in [0.2, 0.25) is 0 Å². The van der Waals surface area contributed by atoms with Gasteiger partial charge in [0.15, 0.2) is 0 Å². The van der Waals surface area contributed by atoms with Crippen molar-refractivity contribution in [3.63, 3.8) is 0 Å². The van der Waals surface area contributed by atoms with E-state index in [1.807, 2.05) is 19.0 Å². The van der Waals surface area contributed by atoms with Crippen LogP contribution in [0.5, 0.6) is 5.75 Å². The quantitative estimate of drug-likeness (QED) is 0.735. The summed E-state index contributed by atoms with van der Waals surface area (Å²) in [6.45, 7) is 1.29. The van der Waals surface area contributed by atoms with Gasteiger partial charge in [0.05, 0.1) is 5.56 Å². The molecule has 0 aromatic heterocycles. The number of benzene rings is 1. The van der Waals surface area contributed by atoms with Gasteiger partial charge in [-0.15, -0.1) is 0 Å². The number of amides is 1. The fourth-order valence-corrected chi connectivity index (χ4v) is 1.32. The van der Waals surface area contributed by atoms with Gasteiger partial charge in [-0.1, -0.05) is 0 Å². The highest BCUT2D eigenvalue weighted by molar-refractivity contribution is 5.97. The molecule has 1 rings (SSSR count). The maximum atomic E-state index is 11.6. The van der Waals surface area contributed by atoms with E-state index in [1.54, 1.807) is 25.2 Å². The van der Waals surface area contributed by atoms with Crippen molar-refractivity contribution in [2.24, 2.45) is 0 Å². The number of carbonyl (C=O) groups is 1. The van der Waals surface area contributed by atoms with Crippen molar-refractivity contribution in [3.8, 4) is 5.75 Å². The molecule has 94 valence electrons. The van der Waals surface area contributed by atoms with Crippen LogP contribution >= 0.6 is 0 Å². The standard InChI is InChI=1S/C12H19N3O2/c1-14-12(16)10-5-4-9(13)8-11(10)17-7-6-15(2)3/h4-5,8H,6-7,13H2,1-3H3,(H,14,16). The number of ether oxygens (including phenoxy) is 1. The summed E-state index contributed by atoms with van der Waals surface area (Å²) in [4.78, 5) is 13.6. The molecule has 1 aromatic rings. The Balaban J connectivity index is 2.80. The summed E-state index contributed by atoms with van der Waals surface area (Å²) in [7, 11) is 5.51. The lowest BCUT2D eigenvalue weighted by Gasteiger charge is -2.14. The van der Waals surface area contributed by atoms with E-state index in [2.05, 4.69) is 5.32 Å². The third-order valence-electron chi connectivity index (χ3n) is 2.27. The SMILES string of the molecule is CNC(=O)c1ccc(N)cc1OCCN(C)C. The molecule has 5 nitrogen and oxygen atoms in total. The number of anilines is 1. The second-order valence-corrected chi connectivity index (χ2v) is 3.99. The number of hydrogen-bond donors (Lipinski definition) is 2. The zero-order chi connectivity index (χ0) is 12.8. The van der Waals surface area contributed by atoms with E-state index in [4.69, 9.17) is 10.5 Å². The van der Waals surface area contributed by atoms with Gasteiger partial charge in [-0.2, -0.15) is 0 Å². The topological polar surface area (TPSA) is 67.6 Å². The number of nitrogen functional groups attached to an aromatic ring is 1. The summed E-state index contributed by atoms with van der Waals surface area (Å²) in [5.74, 6) is 0.344. The van der Waals surface area contributed by atoms with Crippen LogP contribution < -0.4 is 15.8 Å². The fraction of sp³-hybridized carbons (Fsp3) is 0.417. The van der Waals surface area contributed by atoms with Crippen LogP contribution in [-0.2, 0) is 0 Å². The monoisotopic (exact) mass is 237 g/mol. The minimum Gasteiger partial charge on any atom is -0.491 e. The van der Waals surface area contributed by atoms with Gasteiger partial charge in [0.1, 0.15) is 12.4 Å². The second kappa shape index (κ2) is 6.10. The first-order chi connectivity index (χ1) is 8.04. The smallest absolute Gasteiger partial charge is 0.254 e. The Bertz CT molecular complexity index is 391. The Hall–Kier alpha value is -1.75. The molecule has 17 heavy (non-hydrogen) atoms. The number of nitrogens with two attached hydrogens (primary N) is 1. The van der Waals surface area contributed by atoms with Crippen molar-refractivity contribution in [2.75, 3.05) is 40.0 Å². The van der Waals surface area contributed by atoms with Gasteiger partial charge in [0.2, 0.25) is 0 Å².